The predicted octanol–water partition coefficient (Wildman–Crippen LogP) is 4.26. The molecule has 3 aromatic heterocycles. The van der Waals surface area contributed by atoms with E-state index in [0.29, 0.717) is 11.2 Å². The van der Waals surface area contributed by atoms with Crippen molar-refractivity contribution in [2.24, 2.45) is 7.05 Å². The normalized spacial score (nSPS) is 12.0. The number of nitrogens with one attached hydrogen (secondary N) is 1. The molecular formula is C21H17ClN6O2S. The van der Waals surface area contributed by atoms with Gasteiger partial charge in [0.25, 0.3) is 10.0 Å². The van der Waals surface area contributed by atoms with Crippen LogP contribution >= 0.6 is 11.6 Å². The van der Waals surface area contributed by atoms with Crippen LogP contribution in [-0.4, -0.2) is 32.1 Å². The molecule has 10 heteroatoms. The Kier molecular flexibility index (Phi) is 4.45. The van der Waals surface area contributed by atoms with E-state index in [1.54, 1.807) is 41.2 Å². The monoisotopic (exact) mass is 452 g/mol. The molecule has 0 atom stereocenters. The molecule has 0 spiro atoms. The lowest BCUT2D eigenvalue weighted by molar-refractivity contribution is 0.588. The number of anilines is 2. The van der Waals surface area contributed by atoms with Crippen molar-refractivity contribution in [3.63, 3.8) is 0 Å². The molecule has 1 N–H and O–H groups in total. The first-order valence-corrected chi connectivity index (χ1v) is 11.2. The predicted molar refractivity (Wildman–Crippen MR) is 120 cm³/mol. The number of aryl methyl sites for hydroxylation is 2. The van der Waals surface area contributed by atoms with E-state index in [0.717, 1.165) is 26.1 Å². The minimum atomic E-state index is -3.84. The number of hydrogen-bond acceptors (Lipinski definition) is 6. The van der Waals surface area contributed by atoms with Crippen LogP contribution in [0.1, 0.15) is 5.56 Å². The molecule has 0 saturated carbocycles. The van der Waals surface area contributed by atoms with Crippen molar-refractivity contribution in [1.82, 2.24) is 23.7 Å². The van der Waals surface area contributed by atoms with E-state index >= 15 is 0 Å². The van der Waals surface area contributed by atoms with Gasteiger partial charge in [0.15, 0.2) is 5.65 Å². The zero-order chi connectivity index (χ0) is 21.8. The Hall–Kier alpha value is -3.43. The van der Waals surface area contributed by atoms with Gasteiger partial charge >= 0.3 is 0 Å². The smallest absolute Gasteiger partial charge is 0.269 e. The second kappa shape index (κ2) is 7.07. The van der Waals surface area contributed by atoms with Crippen LogP contribution in [0.5, 0.6) is 0 Å². The molecule has 0 amide bonds. The van der Waals surface area contributed by atoms with Gasteiger partial charge < -0.3 is 5.32 Å². The summed E-state index contributed by atoms with van der Waals surface area (Å²) in [4.78, 5) is 8.63. The van der Waals surface area contributed by atoms with E-state index in [-0.39, 0.29) is 15.8 Å². The topological polar surface area (TPSA) is 94.7 Å². The summed E-state index contributed by atoms with van der Waals surface area (Å²) in [7, 11) is -1.97. The van der Waals surface area contributed by atoms with Crippen molar-refractivity contribution in [3.05, 3.63) is 71.8 Å². The Balaban J connectivity index is 1.60. The van der Waals surface area contributed by atoms with E-state index in [4.69, 9.17) is 11.6 Å². The van der Waals surface area contributed by atoms with Crippen LogP contribution < -0.4 is 5.32 Å². The molecule has 0 aliphatic carbocycles. The van der Waals surface area contributed by atoms with Gasteiger partial charge in [-0.1, -0.05) is 17.7 Å². The van der Waals surface area contributed by atoms with E-state index in [1.165, 1.54) is 6.20 Å². The lowest BCUT2D eigenvalue weighted by Gasteiger charge is -2.10. The van der Waals surface area contributed by atoms with Crippen molar-refractivity contribution in [3.8, 4) is 0 Å². The maximum Gasteiger partial charge on any atom is 0.269 e. The highest BCUT2D eigenvalue weighted by molar-refractivity contribution is 7.90. The van der Waals surface area contributed by atoms with E-state index in [1.807, 2.05) is 32.2 Å². The second-order valence-corrected chi connectivity index (χ2v) is 9.33. The third-order valence-electron chi connectivity index (χ3n) is 5.07. The Bertz CT molecular complexity index is 1550. The summed E-state index contributed by atoms with van der Waals surface area (Å²) in [5, 5.41) is 8.90. The molecule has 5 rings (SSSR count). The Morgan fingerprint density at radius 2 is 1.81 bits per heavy atom. The van der Waals surface area contributed by atoms with Crippen LogP contribution in [0.15, 0.2) is 65.8 Å². The molecule has 156 valence electrons. The molecule has 0 unspecified atom stereocenters. The zero-order valence-corrected chi connectivity index (χ0v) is 18.2. The Morgan fingerprint density at radius 1 is 1.03 bits per heavy atom. The van der Waals surface area contributed by atoms with Gasteiger partial charge in [0.1, 0.15) is 5.82 Å². The van der Waals surface area contributed by atoms with Gasteiger partial charge in [-0.15, -0.1) is 0 Å². The van der Waals surface area contributed by atoms with Gasteiger partial charge in [-0.3, -0.25) is 4.68 Å². The van der Waals surface area contributed by atoms with Crippen molar-refractivity contribution in [1.29, 1.82) is 0 Å². The fraction of sp³-hybridized carbons (Fsp3) is 0.0952. The second-order valence-electron chi connectivity index (χ2n) is 7.17. The molecule has 31 heavy (non-hydrogen) atoms. The highest BCUT2D eigenvalue weighted by Gasteiger charge is 2.22. The van der Waals surface area contributed by atoms with Crippen molar-refractivity contribution in [2.75, 3.05) is 5.32 Å². The SMILES string of the molecule is Cc1ccc(S(=O)(=O)n2ccc3c(Nc4ccc5c(cnn5C)c4)nc(Cl)nc32)cc1. The molecule has 0 fully saturated rings. The quantitative estimate of drug-likeness (QED) is 0.409. The molecular weight excluding hydrogens is 436 g/mol. The van der Waals surface area contributed by atoms with Gasteiger partial charge in [-0.25, -0.2) is 12.4 Å². The molecule has 0 aliphatic heterocycles. The highest BCUT2D eigenvalue weighted by Crippen LogP contribution is 2.29. The lowest BCUT2D eigenvalue weighted by atomic mass is 10.2. The van der Waals surface area contributed by atoms with Gasteiger partial charge in [0.2, 0.25) is 5.28 Å². The van der Waals surface area contributed by atoms with Crippen molar-refractivity contribution < 1.29 is 8.42 Å². The first-order valence-electron chi connectivity index (χ1n) is 9.38. The van der Waals surface area contributed by atoms with Crippen molar-refractivity contribution in [2.45, 2.75) is 11.8 Å². The Morgan fingerprint density at radius 3 is 2.58 bits per heavy atom. The number of halogens is 1. The first-order chi connectivity index (χ1) is 14.8. The number of rotatable bonds is 4. The summed E-state index contributed by atoms with van der Waals surface area (Å²) in [5.41, 5.74) is 2.93. The maximum absolute atomic E-state index is 13.2. The van der Waals surface area contributed by atoms with Crippen LogP contribution in [0, 0.1) is 6.92 Å². The van der Waals surface area contributed by atoms with Crippen LogP contribution in [0.2, 0.25) is 5.28 Å². The molecule has 0 radical (unpaired) electrons. The average Bonchev–Trinajstić information content (AvgIpc) is 3.32. The lowest BCUT2D eigenvalue weighted by Crippen LogP contribution is -2.12. The fourth-order valence-electron chi connectivity index (χ4n) is 3.46. The molecule has 8 nitrogen and oxygen atoms in total. The molecule has 5 aromatic rings. The van der Waals surface area contributed by atoms with Gasteiger partial charge in [0, 0.05) is 24.3 Å². The number of fused-ring (bicyclic) bond motifs is 2. The molecule has 0 bridgehead atoms. The molecule has 0 aliphatic rings. The average molecular weight is 453 g/mol. The number of hydrogen-bond donors (Lipinski definition) is 1. The van der Waals surface area contributed by atoms with Gasteiger partial charge in [0.05, 0.1) is 22.0 Å². The molecule has 0 saturated heterocycles. The summed E-state index contributed by atoms with van der Waals surface area (Å²) < 4.78 is 29.3. The standard InChI is InChI=1S/C21H17ClN6O2S/c1-13-3-6-16(7-4-13)31(29,30)28-10-9-17-19(25-21(22)26-20(17)28)24-15-5-8-18-14(11-15)12-23-27(18)2/h3-12H,1-2H3,(H,24,25,26). The van der Waals surface area contributed by atoms with Crippen LogP contribution in [0.25, 0.3) is 21.9 Å². The summed E-state index contributed by atoms with van der Waals surface area (Å²) in [6.45, 7) is 1.90. The minimum Gasteiger partial charge on any atom is -0.339 e. The largest absolute Gasteiger partial charge is 0.339 e. The van der Waals surface area contributed by atoms with Gasteiger partial charge in [-0.2, -0.15) is 15.1 Å². The fourth-order valence-corrected chi connectivity index (χ4v) is 4.92. The third kappa shape index (κ3) is 3.31. The first kappa shape index (κ1) is 19.5. The third-order valence-corrected chi connectivity index (χ3v) is 6.92. The molecule has 2 aromatic carbocycles. The zero-order valence-electron chi connectivity index (χ0n) is 16.6. The summed E-state index contributed by atoms with van der Waals surface area (Å²) >= 11 is 6.15. The number of nitrogens with zero attached hydrogens (tertiary/aromatic N) is 5. The van der Waals surface area contributed by atoms with E-state index in [2.05, 4.69) is 20.4 Å². The van der Waals surface area contributed by atoms with E-state index < -0.39 is 10.0 Å². The summed E-state index contributed by atoms with van der Waals surface area (Å²) in [6, 6.07) is 14.1. The van der Waals surface area contributed by atoms with Crippen LogP contribution in [0.3, 0.4) is 0 Å². The number of aromatic nitrogens is 5. The minimum absolute atomic E-state index is 0.0588. The summed E-state index contributed by atoms with van der Waals surface area (Å²) in [5.74, 6) is 0.413. The number of benzene rings is 2. The highest BCUT2D eigenvalue weighted by atomic mass is 35.5. The van der Waals surface area contributed by atoms with Gasteiger partial charge in [-0.05, 0) is 54.9 Å². The Labute approximate surface area is 183 Å². The summed E-state index contributed by atoms with van der Waals surface area (Å²) in [6.07, 6.45) is 3.23. The van der Waals surface area contributed by atoms with Crippen molar-refractivity contribution >= 4 is 55.1 Å². The van der Waals surface area contributed by atoms with Crippen LogP contribution in [0.4, 0.5) is 11.5 Å². The van der Waals surface area contributed by atoms with Crippen LogP contribution in [-0.2, 0) is 17.1 Å². The maximum atomic E-state index is 13.2. The van der Waals surface area contributed by atoms with E-state index in [9.17, 15) is 8.42 Å². The molecule has 3 heterocycles.